The van der Waals surface area contributed by atoms with Gasteiger partial charge in [-0.1, -0.05) is 36.4 Å². The van der Waals surface area contributed by atoms with Gasteiger partial charge in [-0.15, -0.1) is 0 Å². The first-order valence-electron chi connectivity index (χ1n) is 8.75. The van der Waals surface area contributed by atoms with Crippen molar-refractivity contribution in [2.45, 2.75) is 13.5 Å². The largest absolute Gasteiger partial charge is 0.494 e. The second kappa shape index (κ2) is 8.85. The van der Waals surface area contributed by atoms with E-state index in [4.69, 9.17) is 9.47 Å². The normalized spacial score (nSPS) is 10.4. The summed E-state index contributed by atoms with van der Waals surface area (Å²) in [7, 11) is 1.58. The molecule has 0 aliphatic heterocycles. The third kappa shape index (κ3) is 4.76. The van der Waals surface area contributed by atoms with Crippen LogP contribution in [0.5, 0.6) is 5.75 Å². The molecule has 0 aliphatic carbocycles. The average Bonchev–Trinajstić information content (AvgIpc) is 3.21. The van der Waals surface area contributed by atoms with Crippen molar-refractivity contribution in [1.82, 2.24) is 15.1 Å². The van der Waals surface area contributed by atoms with Crippen LogP contribution in [0.3, 0.4) is 0 Å². The zero-order valence-electron chi connectivity index (χ0n) is 15.7. The van der Waals surface area contributed by atoms with Gasteiger partial charge in [-0.2, -0.15) is 5.10 Å². The van der Waals surface area contributed by atoms with E-state index in [1.54, 1.807) is 24.1 Å². The van der Waals surface area contributed by atoms with E-state index < -0.39 is 11.9 Å². The Hall–Kier alpha value is -3.61. The number of nitrogens with one attached hydrogen (secondary N) is 1. The highest BCUT2D eigenvalue weighted by Crippen LogP contribution is 2.23. The maximum atomic E-state index is 12.3. The van der Waals surface area contributed by atoms with E-state index in [-0.39, 0.29) is 18.8 Å². The predicted molar refractivity (Wildman–Crippen MR) is 103 cm³/mol. The lowest BCUT2D eigenvalue weighted by Gasteiger charge is -2.09. The number of hydrogen-bond donors (Lipinski definition) is 1. The van der Waals surface area contributed by atoms with Gasteiger partial charge in [-0.05, 0) is 36.2 Å². The molecule has 2 aromatic carbocycles. The van der Waals surface area contributed by atoms with Crippen molar-refractivity contribution in [3.05, 3.63) is 77.6 Å². The number of benzene rings is 2. The standard InChI is InChI=1S/C21H21N3O4/c1-15-8-9-19(27-2)18(12-15)24-11-10-17(23-24)21(26)22-13-20(25)28-14-16-6-4-3-5-7-16/h3-12H,13-14H2,1-2H3,(H,22,26). The van der Waals surface area contributed by atoms with E-state index >= 15 is 0 Å². The Morgan fingerprint density at radius 1 is 1.11 bits per heavy atom. The Kier molecular flexibility index (Phi) is 6.06. The first-order chi connectivity index (χ1) is 13.6. The summed E-state index contributed by atoms with van der Waals surface area (Å²) in [5.74, 6) is -0.329. The number of ether oxygens (including phenoxy) is 2. The monoisotopic (exact) mass is 379 g/mol. The van der Waals surface area contributed by atoms with E-state index in [1.807, 2.05) is 55.5 Å². The summed E-state index contributed by atoms with van der Waals surface area (Å²) in [5, 5.41) is 6.79. The summed E-state index contributed by atoms with van der Waals surface area (Å²) in [6.45, 7) is 1.89. The number of methoxy groups -OCH3 is 1. The molecule has 1 heterocycles. The highest BCUT2D eigenvalue weighted by molar-refractivity contribution is 5.94. The van der Waals surface area contributed by atoms with Gasteiger partial charge < -0.3 is 14.8 Å². The Bertz CT molecular complexity index is 967. The minimum atomic E-state index is -0.517. The molecule has 7 nitrogen and oxygen atoms in total. The molecule has 1 aromatic heterocycles. The van der Waals surface area contributed by atoms with E-state index in [1.165, 1.54) is 0 Å². The molecule has 0 spiro atoms. The molecular weight excluding hydrogens is 358 g/mol. The maximum Gasteiger partial charge on any atom is 0.325 e. The summed E-state index contributed by atoms with van der Waals surface area (Å²) in [6.07, 6.45) is 1.67. The van der Waals surface area contributed by atoms with Gasteiger partial charge in [-0.3, -0.25) is 9.59 Å². The summed E-state index contributed by atoms with van der Waals surface area (Å²) < 4.78 is 12.0. The van der Waals surface area contributed by atoms with E-state index in [0.717, 1.165) is 16.8 Å². The van der Waals surface area contributed by atoms with Gasteiger partial charge in [0.1, 0.15) is 24.6 Å². The van der Waals surface area contributed by atoms with Crippen LogP contribution in [-0.2, 0) is 16.1 Å². The zero-order chi connectivity index (χ0) is 19.9. The topological polar surface area (TPSA) is 82.5 Å². The van der Waals surface area contributed by atoms with Crippen molar-refractivity contribution >= 4 is 11.9 Å². The number of hydrogen-bond acceptors (Lipinski definition) is 5. The first kappa shape index (κ1) is 19.2. The number of amides is 1. The molecule has 7 heteroatoms. The minimum absolute atomic E-state index is 0.164. The molecule has 0 radical (unpaired) electrons. The van der Waals surface area contributed by atoms with Crippen LogP contribution in [0.15, 0.2) is 60.8 Å². The summed E-state index contributed by atoms with van der Waals surface area (Å²) in [5.41, 5.74) is 2.84. The van der Waals surface area contributed by atoms with Crippen molar-refractivity contribution in [3.63, 3.8) is 0 Å². The molecule has 3 aromatic rings. The third-order valence-corrected chi connectivity index (χ3v) is 4.04. The van der Waals surface area contributed by atoms with Gasteiger partial charge in [0, 0.05) is 6.20 Å². The number of nitrogens with zero attached hydrogens (tertiary/aromatic N) is 2. The van der Waals surface area contributed by atoms with Crippen molar-refractivity contribution in [1.29, 1.82) is 0 Å². The average molecular weight is 379 g/mol. The van der Waals surface area contributed by atoms with Crippen LogP contribution in [-0.4, -0.2) is 35.3 Å². The molecule has 1 amide bonds. The van der Waals surface area contributed by atoms with Gasteiger partial charge in [0.2, 0.25) is 0 Å². The van der Waals surface area contributed by atoms with Crippen molar-refractivity contribution in [2.75, 3.05) is 13.7 Å². The molecule has 3 rings (SSSR count). The molecule has 0 fully saturated rings. The fraction of sp³-hybridized carbons (Fsp3) is 0.190. The molecule has 0 atom stereocenters. The Morgan fingerprint density at radius 2 is 1.89 bits per heavy atom. The SMILES string of the molecule is COc1ccc(C)cc1-n1ccc(C(=O)NCC(=O)OCc2ccccc2)n1. The number of aryl methyl sites for hydroxylation is 1. The van der Waals surface area contributed by atoms with Gasteiger partial charge in [0.25, 0.3) is 5.91 Å². The lowest BCUT2D eigenvalue weighted by molar-refractivity contribution is -0.143. The Labute approximate surface area is 162 Å². The number of rotatable bonds is 7. The van der Waals surface area contributed by atoms with Crippen LogP contribution in [0, 0.1) is 6.92 Å². The molecular formula is C21H21N3O4. The molecule has 0 aliphatic rings. The predicted octanol–water partition coefficient (Wildman–Crippen LogP) is 2.66. The van der Waals surface area contributed by atoms with Crippen molar-refractivity contribution in [3.8, 4) is 11.4 Å². The second-order valence-corrected chi connectivity index (χ2v) is 6.15. The maximum absolute atomic E-state index is 12.3. The number of carbonyl (C=O) groups excluding carboxylic acids is 2. The lowest BCUT2D eigenvalue weighted by atomic mass is 10.2. The fourth-order valence-corrected chi connectivity index (χ4v) is 2.59. The number of esters is 1. The highest BCUT2D eigenvalue weighted by atomic mass is 16.5. The lowest BCUT2D eigenvalue weighted by Crippen LogP contribution is -2.30. The molecule has 1 N–H and O–H groups in total. The van der Waals surface area contributed by atoms with Crippen molar-refractivity contribution in [2.24, 2.45) is 0 Å². The minimum Gasteiger partial charge on any atom is -0.494 e. The van der Waals surface area contributed by atoms with Gasteiger partial charge in [-0.25, -0.2) is 4.68 Å². The van der Waals surface area contributed by atoms with Crippen LogP contribution in [0.4, 0.5) is 0 Å². The van der Waals surface area contributed by atoms with E-state index in [9.17, 15) is 9.59 Å². The van der Waals surface area contributed by atoms with Crippen LogP contribution in [0.2, 0.25) is 0 Å². The fourth-order valence-electron chi connectivity index (χ4n) is 2.59. The van der Waals surface area contributed by atoms with Gasteiger partial charge in [0.15, 0.2) is 5.69 Å². The van der Waals surface area contributed by atoms with E-state index in [0.29, 0.717) is 5.75 Å². The van der Waals surface area contributed by atoms with Crippen LogP contribution in [0.1, 0.15) is 21.6 Å². The Balaban J connectivity index is 1.57. The first-order valence-corrected chi connectivity index (χ1v) is 8.75. The number of aromatic nitrogens is 2. The van der Waals surface area contributed by atoms with Crippen LogP contribution < -0.4 is 10.1 Å². The summed E-state index contributed by atoms with van der Waals surface area (Å²) >= 11 is 0. The molecule has 28 heavy (non-hydrogen) atoms. The quantitative estimate of drug-likeness (QED) is 0.638. The van der Waals surface area contributed by atoms with Crippen LogP contribution >= 0.6 is 0 Å². The smallest absolute Gasteiger partial charge is 0.325 e. The van der Waals surface area contributed by atoms with Gasteiger partial charge >= 0.3 is 5.97 Å². The van der Waals surface area contributed by atoms with Crippen molar-refractivity contribution < 1.29 is 19.1 Å². The molecule has 0 unspecified atom stereocenters. The zero-order valence-corrected chi connectivity index (χ0v) is 15.7. The molecule has 144 valence electrons. The summed E-state index contributed by atoms with van der Waals surface area (Å²) in [6, 6.07) is 16.6. The van der Waals surface area contributed by atoms with Crippen LogP contribution in [0.25, 0.3) is 5.69 Å². The molecule has 0 saturated carbocycles. The molecule has 0 saturated heterocycles. The highest BCUT2D eigenvalue weighted by Gasteiger charge is 2.14. The Morgan fingerprint density at radius 3 is 2.64 bits per heavy atom. The second-order valence-electron chi connectivity index (χ2n) is 6.15. The number of carbonyl (C=O) groups is 2. The molecule has 0 bridgehead atoms. The third-order valence-electron chi connectivity index (χ3n) is 4.04. The summed E-state index contributed by atoms with van der Waals surface area (Å²) in [4.78, 5) is 24.1. The van der Waals surface area contributed by atoms with Gasteiger partial charge in [0.05, 0.1) is 7.11 Å². The van der Waals surface area contributed by atoms with E-state index in [2.05, 4.69) is 10.4 Å².